The van der Waals surface area contributed by atoms with Gasteiger partial charge in [-0.05, 0) is 19.3 Å². The van der Waals surface area contributed by atoms with Crippen LogP contribution in [0.3, 0.4) is 0 Å². The van der Waals surface area contributed by atoms with Gasteiger partial charge in [-0.1, -0.05) is 6.08 Å². The van der Waals surface area contributed by atoms with Crippen molar-refractivity contribution in [3.63, 3.8) is 0 Å². The van der Waals surface area contributed by atoms with Gasteiger partial charge in [0.2, 0.25) is 0 Å². The van der Waals surface area contributed by atoms with E-state index in [1.54, 1.807) is 6.08 Å². The van der Waals surface area contributed by atoms with Crippen LogP contribution in [0.2, 0.25) is 0 Å². The van der Waals surface area contributed by atoms with Gasteiger partial charge >= 0.3 is 18.9 Å². The zero-order chi connectivity index (χ0) is 5.98. The van der Waals surface area contributed by atoms with Crippen molar-refractivity contribution in [1.82, 2.24) is 0 Å². The molecule has 46 valence electrons. The predicted molar refractivity (Wildman–Crippen MR) is 31.6 cm³/mol. The van der Waals surface area contributed by atoms with Gasteiger partial charge < -0.3 is 5.11 Å². The molecule has 0 spiro atoms. The summed E-state index contributed by atoms with van der Waals surface area (Å²) in [4.78, 5) is 0. The maximum Gasteiger partial charge on any atom is 1.00 e. The van der Waals surface area contributed by atoms with Crippen LogP contribution >= 0.6 is 11.6 Å². The van der Waals surface area contributed by atoms with Crippen LogP contribution in [0.5, 0.6) is 0 Å². The maximum absolute atomic E-state index is 10.6. The molecule has 0 aromatic heterocycles. The Hall–Kier alpha value is 0.427. The Morgan fingerprint density at radius 2 is 2.33 bits per heavy atom. The second-order valence-corrected chi connectivity index (χ2v) is 2.53. The minimum atomic E-state index is -0.219. The molecule has 0 aromatic rings. The average Bonchev–Trinajstić information content (AvgIpc) is 1.77. The second kappa shape index (κ2) is 4.28. The van der Waals surface area contributed by atoms with E-state index in [4.69, 9.17) is 11.6 Å². The number of alkyl halides is 1. The average molecular weight is 139 g/mol. The van der Waals surface area contributed by atoms with Crippen LogP contribution in [0.15, 0.2) is 11.8 Å². The first-order valence-electron chi connectivity index (χ1n) is 2.82. The zero-order valence-corrected chi connectivity index (χ0v) is 6.32. The van der Waals surface area contributed by atoms with Gasteiger partial charge in [0, 0.05) is 5.38 Å². The molecule has 0 heterocycles. The normalized spacial score (nSPS) is 26.3. The summed E-state index contributed by atoms with van der Waals surface area (Å²) in [5.74, 6) is 0.109. The van der Waals surface area contributed by atoms with Gasteiger partial charge in [0.15, 0.2) is 0 Å². The molecular formula is C6H8ClLiO. The van der Waals surface area contributed by atoms with Crippen LogP contribution < -0.4 is 24.0 Å². The quantitative estimate of drug-likeness (QED) is 0.281. The molecule has 1 atom stereocenters. The molecular weight excluding hydrogens is 130 g/mol. The molecule has 0 fully saturated rings. The minimum Gasteiger partial charge on any atom is -0.875 e. The molecule has 0 saturated heterocycles. The van der Waals surface area contributed by atoms with E-state index in [0.717, 1.165) is 19.3 Å². The van der Waals surface area contributed by atoms with Gasteiger partial charge in [0.05, 0.1) is 0 Å². The van der Waals surface area contributed by atoms with E-state index in [1.807, 2.05) is 0 Å². The molecule has 0 bridgehead atoms. The third-order valence-corrected chi connectivity index (χ3v) is 1.75. The van der Waals surface area contributed by atoms with E-state index < -0.39 is 0 Å². The van der Waals surface area contributed by atoms with Gasteiger partial charge in [-0.25, -0.2) is 0 Å². The summed E-state index contributed by atoms with van der Waals surface area (Å²) >= 11 is 5.59. The third-order valence-electron chi connectivity index (χ3n) is 1.32. The van der Waals surface area contributed by atoms with E-state index in [2.05, 4.69) is 0 Å². The number of rotatable bonds is 0. The van der Waals surface area contributed by atoms with Crippen molar-refractivity contribution in [2.75, 3.05) is 0 Å². The minimum absolute atomic E-state index is 0. The van der Waals surface area contributed by atoms with Crippen LogP contribution in [0.1, 0.15) is 19.3 Å². The van der Waals surface area contributed by atoms with Crippen LogP contribution in [-0.2, 0) is 0 Å². The Balaban J connectivity index is 0.000000640. The van der Waals surface area contributed by atoms with E-state index in [9.17, 15) is 5.11 Å². The fourth-order valence-corrected chi connectivity index (χ4v) is 1.05. The molecule has 9 heavy (non-hydrogen) atoms. The van der Waals surface area contributed by atoms with Crippen molar-refractivity contribution < 1.29 is 24.0 Å². The third kappa shape index (κ3) is 2.67. The number of allylic oxidation sites excluding steroid dienone is 2. The Labute approximate surface area is 72.3 Å². The van der Waals surface area contributed by atoms with E-state index >= 15 is 0 Å². The van der Waals surface area contributed by atoms with Gasteiger partial charge in [0.25, 0.3) is 0 Å². The SMILES string of the molecule is [Li+].[O-]C1=CCCCC1Cl. The first-order valence-corrected chi connectivity index (χ1v) is 3.25. The molecule has 1 aliphatic rings. The van der Waals surface area contributed by atoms with Gasteiger partial charge in [-0.2, -0.15) is 0 Å². The summed E-state index contributed by atoms with van der Waals surface area (Å²) in [6, 6.07) is 0. The molecule has 0 saturated carbocycles. The van der Waals surface area contributed by atoms with Crippen LogP contribution in [0.4, 0.5) is 0 Å². The maximum atomic E-state index is 10.6. The van der Waals surface area contributed by atoms with Crippen molar-refractivity contribution in [2.45, 2.75) is 24.6 Å². The van der Waals surface area contributed by atoms with E-state index in [1.165, 1.54) is 0 Å². The summed E-state index contributed by atoms with van der Waals surface area (Å²) in [7, 11) is 0. The molecule has 1 aliphatic carbocycles. The largest absolute Gasteiger partial charge is 1.00 e. The Morgan fingerprint density at radius 3 is 2.67 bits per heavy atom. The van der Waals surface area contributed by atoms with E-state index in [0.29, 0.717) is 0 Å². The molecule has 1 rings (SSSR count). The second-order valence-electron chi connectivity index (χ2n) is 2.00. The Bertz CT molecular complexity index is 114. The molecule has 3 heteroatoms. The van der Waals surface area contributed by atoms with Gasteiger partial charge in [0.1, 0.15) is 0 Å². The predicted octanol–water partition coefficient (Wildman–Crippen LogP) is -1.97. The van der Waals surface area contributed by atoms with Crippen molar-refractivity contribution in [2.24, 2.45) is 0 Å². The Kier molecular flexibility index (Phi) is 4.48. The molecule has 0 N–H and O–H groups in total. The van der Waals surface area contributed by atoms with Crippen LogP contribution in [0, 0.1) is 0 Å². The zero-order valence-electron chi connectivity index (χ0n) is 5.56. The summed E-state index contributed by atoms with van der Waals surface area (Å²) < 4.78 is 0. The molecule has 1 nitrogen and oxygen atoms in total. The first-order chi connectivity index (χ1) is 3.80. The molecule has 0 radical (unpaired) electrons. The number of halogens is 1. The standard InChI is InChI=1S/C6H9ClO.Li/c7-5-3-1-2-4-6(5)8;/h4-5,8H,1-3H2;/q;+1/p-1. The monoisotopic (exact) mass is 138 g/mol. The molecule has 0 aliphatic heterocycles. The Morgan fingerprint density at radius 1 is 1.67 bits per heavy atom. The molecule has 1 unspecified atom stereocenters. The summed E-state index contributed by atoms with van der Waals surface area (Å²) in [5.41, 5.74) is 0. The van der Waals surface area contributed by atoms with Crippen molar-refractivity contribution in [3.8, 4) is 0 Å². The summed E-state index contributed by atoms with van der Waals surface area (Å²) in [5, 5.41) is 10.4. The number of hydrogen-bond acceptors (Lipinski definition) is 1. The van der Waals surface area contributed by atoms with Crippen molar-refractivity contribution >= 4 is 11.6 Å². The fourth-order valence-electron chi connectivity index (χ4n) is 0.812. The molecule has 0 aromatic carbocycles. The summed E-state index contributed by atoms with van der Waals surface area (Å²) in [6.45, 7) is 0. The van der Waals surface area contributed by atoms with Crippen LogP contribution in [0.25, 0.3) is 0 Å². The summed E-state index contributed by atoms with van der Waals surface area (Å²) in [6.07, 6.45) is 4.53. The van der Waals surface area contributed by atoms with Crippen molar-refractivity contribution in [3.05, 3.63) is 11.8 Å². The van der Waals surface area contributed by atoms with Crippen LogP contribution in [-0.4, -0.2) is 5.38 Å². The van der Waals surface area contributed by atoms with Crippen molar-refractivity contribution in [1.29, 1.82) is 0 Å². The van der Waals surface area contributed by atoms with Gasteiger partial charge in [-0.3, -0.25) is 0 Å². The number of hydrogen-bond donors (Lipinski definition) is 0. The smallest absolute Gasteiger partial charge is 0.875 e. The first kappa shape index (κ1) is 9.43. The van der Waals surface area contributed by atoms with Gasteiger partial charge in [-0.15, -0.1) is 17.4 Å². The van der Waals surface area contributed by atoms with E-state index in [-0.39, 0.29) is 30.0 Å². The molecule has 0 amide bonds. The topological polar surface area (TPSA) is 23.1 Å². The fraction of sp³-hybridized carbons (Fsp3) is 0.667.